The molecular formula is C16H21N3O3S. The monoisotopic (exact) mass is 335 g/mol. The smallest absolute Gasteiger partial charge is 0.220 e. The molecule has 6 nitrogen and oxygen atoms in total. The molecule has 3 rings (SSSR count). The lowest BCUT2D eigenvalue weighted by molar-refractivity contribution is 0.314. The number of benzene rings is 1. The molecule has 0 fully saturated rings. The number of para-hydroxylation sites is 1. The molecule has 7 heteroatoms. The minimum Gasteiger partial charge on any atom is -0.373 e. The number of likely N-dealkylation sites (N-methyl/N-ethyl adjacent to an activating group) is 1. The van der Waals surface area contributed by atoms with Gasteiger partial charge in [0, 0.05) is 37.9 Å². The number of fused-ring (bicyclic) bond motifs is 1. The fraction of sp³-hybridized carbons (Fsp3) is 0.438. The van der Waals surface area contributed by atoms with Gasteiger partial charge >= 0.3 is 0 Å². The second kappa shape index (κ2) is 6.33. The molecule has 1 aromatic heterocycles. The molecule has 1 aromatic carbocycles. The van der Waals surface area contributed by atoms with Crippen molar-refractivity contribution in [3.63, 3.8) is 0 Å². The normalized spacial score (nSPS) is 19.4. The molecule has 1 atom stereocenters. The van der Waals surface area contributed by atoms with Gasteiger partial charge in [-0.25, -0.2) is 8.42 Å². The van der Waals surface area contributed by atoms with Gasteiger partial charge in [-0.2, -0.15) is 4.31 Å². The van der Waals surface area contributed by atoms with Crippen LogP contribution in [0.2, 0.25) is 0 Å². The van der Waals surface area contributed by atoms with E-state index in [4.69, 9.17) is 4.52 Å². The number of hydrogen-bond acceptors (Lipinski definition) is 5. The van der Waals surface area contributed by atoms with Gasteiger partial charge in [-0.1, -0.05) is 30.3 Å². The topological polar surface area (TPSA) is 66.7 Å². The van der Waals surface area contributed by atoms with Crippen molar-refractivity contribution in [1.82, 2.24) is 9.46 Å². The zero-order valence-electron chi connectivity index (χ0n) is 13.3. The quantitative estimate of drug-likeness (QED) is 0.857. The Labute approximate surface area is 136 Å². The van der Waals surface area contributed by atoms with Crippen LogP contribution in [0.25, 0.3) is 0 Å². The van der Waals surface area contributed by atoms with Crippen LogP contribution in [0.1, 0.15) is 24.6 Å². The molecule has 0 bridgehead atoms. The van der Waals surface area contributed by atoms with Crippen LogP contribution < -0.4 is 4.90 Å². The van der Waals surface area contributed by atoms with E-state index in [9.17, 15) is 8.42 Å². The van der Waals surface area contributed by atoms with Gasteiger partial charge in [0.2, 0.25) is 10.0 Å². The molecule has 2 aromatic rings. The predicted octanol–water partition coefficient (Wildman–Crippen LogP) is 2.24. The van der Waals surface area contributed by atoms with Crippen LogP contribution in [0.5, 0.6) is 0 Å². The Morgan fingerprint density at radius 3 is 2.78 bits per heavy atom. The van der Waals surface area contributed by atoms with Gasteiger partial charge in [-0.15, -0.1) is 0 Å². The fourth-order valence-corrected chi connectivity index (χ4v) is 4.75. The van der Waals surface area contributed by atoms with E-state index >= 15 is 0 Å². The molecule has 0 radical (unpaired) electrons. The average Bonchev–Trinajstić information content (AvgIpc) is 2.97. The first-order chi connectivity index (χ1) is 11.0. The lowest BCUT2D eigenvalue weighted by atomic mass is 10.1. The zero-order chi connectivity index (χ0) is 16.4. The van der Waals surface area contributed by atoms with E-state index in [-0.39, 0.29) is 11.8 Å². The maximum Gasteiger partial charge on any atom is 0.220 e. The van der Waals surface area contributed by atoms with Crippen LogP contribution in [-0.2, 0) is 22.3 Å². The third-order valence-electron chi connectivity index (χ3n) is 4.27. The molecule has 0 aliphatic carbocycles. The standard InChI is InChI=1S/C16H21N3O3S/c1-3-15-11-18(2)16-7-5-4-6-13(16)10-19(15)23(20,21)12-14-8-9-22-17-14/h4-9,15H,3,10-12H2,1-2H3/t15-/m1/s1. The van der Waals surface area contributed by atoms with Gasteiger partial charge in [0.15, 0.2) is 0 Å². The Morgan fingerprint density at radius 2 is 2.09 bits per heavy atom. The molecule has 0 unspecified atom stereocenters. The van der Waals surface area contributed by atoms with E-state index in [2.05, 4.69) is 10.1 Å². The molecule has 0 saturated carbocycles. The maximum atomic E-state index is 12.9. The average molecular weight is 335 g/mol. The number of anilines is 1. The minimum absolute atomic E-state index is 0.0655. The number of sulfonamides is 1. The summed E-state index contributed by atoms with van der Waals surface area (Å²) in [6.07, 6.45) is 2.16. The summed E-state index contributed by atoms with van der Waals surface area (Å²) in [6.45, 7) is 3.08. The maximum absolute atomic E-state index is 12.9. The highest BCUT2D eigenvalue weighted by Gasteiger charge is 2.33. The number of rotatable bonds is 4. The van der Waals surface area contributed by atoms with E-state index in [1.165, 1.54) is 6.26 Å². The van der Waals surface area contributed by atoms with Gasteiger partial charge < -0.3 is 9.42 Å². The first kappa shape index (κ1) is 16.0. The minimum atomic E-state index is -3.47. The van der Waals surface area contributed by atoms with Crippen LogP contribution in [0.15, 0.2) is 41.1 Å². The van der Waals surface area contributed by atoms with Gasteiger partial charge in [0.25, 0.3) is 0 Å². The molecule has 0 spiro atoms. The molecular weight excluding hydrogens is 314 g/mol. The summed E-state index contributed by atoms with van der Waals surface area (Å²) < 4.78 is 32.2. The first-order valence-electron chi connectivity index (χ1n) is 7.69. The molecule has 23 heavy (non-hydrogen) atoms. The van der Waals surface area contributed by atoms with Crippen molar-refractivity contribution in [2.45, 2.75) is 31.7 Å². The Kier molecular flexibility index (Phi) is 4.41. The van der Waals surface area contributed by atoms with E-state index in [0.717, 1.165) is 17.7 Å². The summed E-state index contributed by atoms with van der Waals surface area (Å²) in [6, 6.07) is 9.48. The highest BCUT2D eigenvalue weighted by atomic mass is 32.2. The largest absolute Gasteiger partial charge is 0.373 e. The van der Waals surface area contributed by atoms with Gasteiger partial charge in [-0.05, 0) is 18.1 Å². The van der Waals surface area contributed by atoms with Crippen molar-refractivity contribution in [3.05, 3.63) is 47.9 Å². The summed E-state index contributed by atoms with van der Waals surface area (Å²) >= 11 is 0. The van der Waals surface area contributed by atoms with Crippen molar-refractivity contribution in [2.75, 3.05) is 18.5 Å². The van der Waals surface area contributed by atoms with Crippen LogP contribution in [0.4, 0.5) is 5.69 Å². The van der Waals surface area contributed by atoms with Crippen molar-refractivity contribution in [3.8, 4) is 0 Å². The lowest BCUT2D eigenvalue weighted by Crippen LogP contribution is -2.43. The van der Waals surface area contributed by atoms with Gasteiger partial charge in [-0.3, -0.25) is 0 Å². The lowest BCUT2D eigenvalue weighted by Gasteiger charge is -2.29. The third kappa shape index (κ3) is 3.25. The Hall–Kier alpha value is -1.86. The van der Waals surface area contributed by atoms with E-state index in [0.29, 0.717) is 18.8 Å². The fourth-order valence-electron chi connectivity index (χ4n) is 3.06. The van der Waals surface area contributed by atoms with Gasteiger partial charge in [0.1, 0.15) is 12.0 Å². The zero-order valence-corrected chi connectivity index (χ0v) is 14.2. The molecule has 1 aliphatic heterocycles. The number of nitrogens with zero attached hydrogens (tertiary/aromatic N) is 3. The second-order valence-corrected chi connectivity index (χ2v) is 7.79. The summed E-state index contributed by atoms with van der Waals surface area (Å²) in [5, 5.41) is 3.74. The van der Waals surface area contributed by atoms with Crippen molar-refractivity contribution in [2.24, 2.45) is 0 Å². The number of aromatic nitrogens is 1. The highest BCUT2D eigenvalue weighted by Crippen LogP contribution is 2.29. The third-order valence-corrected chi connectivity index (χ3v) is 6.07. The van der Waals surface area contributed by atoms with E-state index in [1.54, 1.807) is 10.4 Å². The summed E-state index contributed by atoms with van der Waals surface area (Å²) in [4.78, 5) is 2.13. The van der Waals surface area contributed by atoms with Crippen molar-refractivity contribution in [1.29, 1.82) is 0 Å². The Balaban J connectivity index is 1.96. The predicted molar refractivity (Wildman–Crippen MR) is 88.5 cm³/mol. The molecule has 1 aliphatic rings. The van der Waals surface area contributed by atoms with Crippen LogP contribution in [-0.4, -0.2) is 37.5 Å². The molecule has 0 saturated heterocycles. The first-order valence-corrected chi connectivity index (χ1v) is 9.30. The summed E-state index contributed by atoms with van der Waals surface area (Å²) in [7, 11) is -1.46. The SMILES string of the molecule is CC[C@@H]1CN(C)c2ccccc2CN1S(=O)(=O)Cc1ccon1. The van der Waals surface area contributed by atoms with Gasteiger partial charge in [0.05, 0.1) is 5.69 Å². The molecule has 124 valence electrons. The number of hydrogen-bond donors (Lipinski definition) is 0. The van der Waals surface area contributed by atoms with E-state index in [1.807, 2.05) is 38.2 Å². The summed E-state index contributed by atoms with van der Waals surface area (Å²) in [5.74, 6) is -0.133. The van der Waals surface area contributed by atoms with Crippen LogP contribution in [0, 0.1) is 0 Å². The second-order valence-electron chi connectivity index (χ2n) is 5.86. The molecule has 0 N–H and O–H groups in total. The summed E-state index contributed by atoms with van der Waals surface area (Å²) in [5.41, 5.74) is 2.55. The molecule has 2 heterocycles. The Morgan fingerprint density at radius 1 is 1.30 bits per heavy atom. The molecule has 0 amide bonds. The van der Waals surface area contributed by atoms with E-state index < -0.39 is 10.0 Å². The highest BCUT2D eigenvalue weighted by molar-refractivity contribution is 7.88. The van der Waals surface area contributed by atoms with Crippen LogP contribution in [0.3, 0.4) is 0 Å². The van der Waals surface area contributed by atoms with Crippen molar-refractivity contribution >= 4 is 15.7 Å². The van der Waals surface area contributed by atoms with Crippen molar-refractivity contribution < 1.29 is 12.9 Å². The Bertz CT molecular complexity index is 759. The van der Waals surface area contributed by atoms with Crippen LogP contribution >= 0.6 is 0 Å².